The van der Waals surface area contributed by atoms with E-state index < -0.39 is 0 Å². The number of carbonyl (C=O) groups excluding carboxylic acids is 1. The summed E-state index contributed by atoms with van der Waals surface area (Å²) in [5, 5.41) is 2.62. The second-order valence-electron chi connectivity index (χ2n) is 4.63. The molecule has 0 bridgehead atoms. The van der Waals surface area contributed by atoms with Gasteiger partial charge in [-0.1, -0.05) is 0 Å². The number of halogens is 1. The number of hydrogen-bond acceptors (Lipinski definition) is 4. The van der Waals surface area contributed by atoms with Crippen molar-refractivity contribution in [2.45, 2.75) is 19.8 Å². The van der Waals surface area contributed by atoms with Gasteiger partial charge in [-0.05, 0) is 37.6 Å². The molecule has 0 saturated carbocycles. The van der Waals surface area contributed by atoms with Crippen LogP contribution in [0.3, 0.4) is 0 Å². The Morgan fingerprint density at radius 3 is 2.71 bits per heavy atom. The Hall–Kier alpha value is -1.95. The molecule has 1 aromatic heterocycles. The topological polar surface area (TPSA) is 42.4 Å². The Labute approximate surface area is 127 Å². The van der Waals surface area contributed by atoms with E-state index in [2.05, 4.69) is 4.98 Å². The zero-order valence-corrected chi connectivity index (χ0v) is 12.8. The fourth-order valence-electron chi connectivity index (χ4n) is 1.71. The molecule has 0 aliphatic carbocycles. The molecule has 2 rings (SSSR count). The molecule has 112 valence electrons. The fraction of sp³-hybridized carbons (Fsp3) is 0.333. The van der Waals surface area contributed by atoms with Crippen LogP contribution in [0.2, 0.25) is 0 Å². The first-order chi connectivity index (χ1) is 10.1. The fourth-order valence-corrected chi connectivity index (χ4v) is 2.50. The maximum absolute atomic E-state index is 12.7. The Balaban J connectivity index is 1.73. The molecule has 0 spiro atoms. The molecule has 0 radical (unpaired) electrons. The zero-order valence-electron chi connectivity index (χ0n) is 12.0. The van der Waals surface area contributed by atoms with Gasteiger partial charge >= 0.3 is 0 Å². The molecule has 1 aromatic carbocycles. The van der Waals surface area contributed by atoms with E-state index in [1.54, 1.807) is 24.1 Å². The van der Waals surface area contributed by atoms with Crippen LogP contribution in [0.25, 0.3) is 0 Å². The molecular weight excluding hydrogens is 291 g/mol. The van der Waals surface area contributed by atoms with E-state index in [1.165, 1.54) is 23.5 Å². The summed E-state index contributed by atoms with van der Waals surface area (Å²) < 4.78 is 18.2. The van der Waals surface area contributed by atoms with Gasteiger partial charge in [-0.25, -0.2) is 9.37 Å². The number of anilines is 1. The van der Waals surface area contributed by atoms with Crippen LogP contribution in [-0.2, 0) is 4.79 Å². The molecule has 0 aliphatic heterocycles. The van der Waals surface area contributed by atoms with Crippen LogP contribution in [0, 0.1) is 12.7 Å². The predicted molar refractivity (Wildman–Crippen MR) is 81.4 cm³/mol. The first-order valence-corrected chi connectivity index (χ1v) is 7.51. The van der Waals surface area contributed by atoms with E-state index in [0.29, 0.717) is 30.3 Å². The second kappa shape index (κ2) is 7.17. The number of amides is 1. The third-order valence-corrected chi connectivity index (χ3v) is 3.92. The molecule has 0 saturated heterocycles. The quantitative estimate of drug-likeness (QED) is 0.768. The van der Waals surface area contributed by atoms with Crippen molar-refractivity contribution < 1.29 is 13.9 Å². The summed E-state index contributed by atoms with van der Waals surface area (Å²) in [7, 11) is 1.72. The van der Waals surface area contributed by atoms with Crippen molar-refractivity contribution in [3.05, 3.63) is 41.2 Å². The van der Waals surface area contributed by atoms with Crippen LogP contribution in [0.1, 0.15) is 18.5 Å². The third-order valence-electron chi connectivity index (χ3n) is 2.89. The first-order valence-electron chi connectivity index (χ1n) is 6.63. The van der Waals surface area contributed by atoms with Crippen LogP contribution >= 0.6 is 11.3 Å². The van der Waals surface area contributed by atoms with E-state index in [9.17, 15) is 9.18 Å². The van der Waals surface area contributed by atoms with Gasteiger partial charge in [0.2, 0.25) is 5.91 Å². The van der Waals surface area contributed by atoms with Crippen molar-refractivity contribution in [2.75, 3.05) is 18.6 Å². The maximum Gasteiger partial charge on any atom is 0.228 e. The summed E-state index contributed by atoms with van der Waals surface area (Å²) in [4.78, 5) is 17.8. The van der Waals surface area contributed by atoms with Gasteiger partial charge in [-0.15, -0.1) is 11.3 Å². The van der Waals surface area contributed by atoms with Crippen molar-refractivity contribution in [2.24, 2.45) is 0 Å². The highest BCUT2D eigenvalue weighted by Gasteiger charge is 2.13. The largest absolute Gasteiger partial charge is 0.494 e. The molecule has 0 aliphatic rings. The van der Waals surface area contributed by atoms with Crippen LogP contribution in [0.15, 0.2) is 29.6 Å². The lowest BCUT2D eigenvalue weighted by atomic mass is 10.3. The summed E-state index contributed by atoms with van der Waals surface area (Å²) in [6, 6.07) is 5.83. The maximum atomic E-state index is 12.7. The van der Waals surface area contributed by atoms with Crippen LogP contribution in [-0.4, -0.2) is 24.5 Å². The summed E-state index contributed by atoms with van der Waals surface area (Å²) in [6.07, 6.45) is 0.987. The first kappa shape index (κ1) is 15.4. The van der Waals surface area contributed by atoms with Crippen molar-refractivity contribution in [3.63, 3.8) is 0 Å². The number of benzene rings is 1. The van der Waals surface area contributed by atoms with Crippen molar-refractivity contribution in [1.82, 2.24) is 4.98 Å². The lowest BCUT2D eigenvalue weighted by molar-refractivity contribution is -0.118. The van der Waals surface area contributed by atoms with E-state index in [1.807, 2.05) is 12.3 Å². The van der Waals surface area contributed by atoms with E-state index >= 15 is 0 Å². The van der Waals surface area contributed by atoms with Gasteiger partial charge in [0, 0.05) is 18.8 Å². The average Bonchev–Trinajstić information content (AvgIpc) is 2.91. The number of thiazole rings is 1. The smallest absolute Gasteiger partial charge is 0.228 e. The zero-order chi connectivity index (χ0) is 15.2. The Bertz CT molecular complexity index is 598. The van der Waals surface area contributed by atoms with Crippen LogP contribution < -0.4 is 9.64 Å². The van der Waals surface area contributed by atoms with Gasteiger partial charge in [0.15, 0.2) is 5.13 Å². The molecule has 0 fully saturated rings. The minimum Gasteiger partial charge on any atom is -0.494 e. The van der Waals surface area contributed by atoms with Gasteiger partial charge in [0.05, 0.1) is 12.3 Å². The molecule has 1 heterocycles. The SMILES string of the molecule is Cc1csc(N(C)C(=O)CCCOc2ccc(F)cc2)n1. The predicted octanol–water partition coefficient (Wildman–Crippen LogP) is 3.41. The highest BCUT2D eigenvalue weighted by Crippen LogP contribution is 2.19. The monoisotopic (exact) mass is 308 g/mol. The van der Waals surface area contributed by atoms with Crippen molar-refractivity contribution in [3.8, 4) is 5.75 Å². The lowest BCUT2D eigenvalue weighted by Gasteiger charge is -2.13. The number of ether oxygens (including phenoxy) is 1. The summed E-state index contributed by atoms with van der Waals surface area (Å²) in [6.45, 7) is 2.32. The Kier molecular flexibility index (Phi) is 5.27. The average molecular weight is 308 g/mol. The molecule has 6 heteroatoms. The van der Waals surface area contributed by atoms with Gasteiger partial charge < -0.3 is 4.74 Å². The molecular formula is C15H17FN2O2S. The van der Waals surface area contributed by atoms with Gasteiger partial charge in [0.25, 0.3) is 0 Å². The molecule has 0 N–H and O–H groups in total. The third kappa shape index (κ3) is 4.53. The van der Waals surface area contributed by atoms with Gasteiger partial charge in [-0.3, -0.25) is 9.69 Å². The highest BCUT2D eigenvalue weighted by molar-refractivity contribution is 7.14. The number of rotatable bonds is 6. The van der Waals surface area contributed by atoms with Gasteiger partial charge in [0.1, 0.15) is 11.6 Å². The second-order valence-corrected chi connectivity index (χ2v) is 5.47. The number of aromatic nitrogens is 1. The molecule has 1 amide bonds. The lowest BCUT2D eigenvalue weighted by Crippen LogP contribution is -2.26. The summed E-state index contributed by atoms with van der Waals surface area (Å²) in [5.74, 6) is 0.317. The minimum absolute atomic E-state index is 0.00653. The number of nitrogens with zero attached hydrogens (tertiary/aromatic N) is 2. The van der Waals surface area contributed by atoms with E-state index in [0.717, 1.165) is 5.69 Å². The number of carbonyl (C=O) groups is 1. The van der Waals surface area contributed by atoms with Gasteiger partial charge in [-0.2, -0.15) is 0 Å². The Morgan fingerprint density at radius 1 is 1.38 bits per heavy atom. The summed E-state index contributed by atoms with van der Waals surface area (Å²) in [5.41, 5.74) is 0.911. The molecule has 21 heavy (non-hydrogen) atoms. The number of aryl methyl sites for hydroxylation is 1. The molecule has 0 atom stereocenters. The molecule has 0 unspecified atom stereocenters. The normalized spacial score (nSPS) is 10.4. The minimum atomic E-state index is -0.294. The van der Waals surface area contributed by atoms with Crippen LogP contribution in [0.5, 0.6) is 5.75 Å². The highest BCUT2D eigenvalue weighted by atomic mass is 32.1. The molecule has 2 aromatic rings. The molecule has 4 nitrogen and oxygen atoms in total. The summed E-state index contributed by atoms with van der Waals surface area (Å²) >= 11 is 1.45. The number of hydrogen-bond donors (Lipinski definition) is 0. The van der Waals surface area contributed by atoms with Crippen LogP contribution in [0.4, 0.5) is 9.52 Å². The van der Waals surface area contributed by atoms with Crippen molar-refractivity contribution in [1.29, 1.82) is 0 Å². The Morgan fingerprint density at radius 2 is 2.10 bits per heavy atom. The standard InChI is InChI=1S/C15H17FN2O2S/c1-11-10-21-15(17-11)18(2)14(19)4-3-9-20-13-7-5-12(16)6-8-13/h5-8,10H,3-4,9H2,1-2H3. The van der Waals surface area contributed by atoms with E-state index in [-0.39, 0.29) is 11.7 Å². The van der Waals surface area contributed by atoms with E-state index in [4.69, 9.17) is 4.74 Å². The van der Waals surface area contributed by atoms with Crippen molar-refractivity contribution >= 4 is 22.4 Å².